The first kappa shape index (κ1) is 15.0. The predicted molar refractivity (Wildman–Crippen MR) is 78.6 cm³/mol. The number of benzene rings is 1. The average molecular weight is 286 g/mol. The topological polar surface area (TPSA) is 61.2 Å². The third kappa shape index (κ3) is 3.56. The van der Waals surface area contributed by atoms with Gasteiger partial charge in [-0.2, -0.15) is 5.10 Å². The van der Waals surface area contributed by atoms with E-state index in [2.05, 4.69) is 5.10 Å². The molecule has 0 saturated carbocycles. The standard InChI is InChI=1S/C16H18N2O3/c1-11(19)12-6-5-7-14(8-12)21-15(20)13-9-17-18(10-13)16(2,3)4/h5-10H,1-4H3. The third-order valence-electron chi connectivity index (χ3n) is 2.96. The van der Waals surface area contributed by atoms with Crippen molar-refractivity contribution in [2.45, 2.75) is 33.2 Å². The molecule has 1 aromatic heterocycles. The number of nitrogens with zero attached hydrogens (tertiary/aromatic N) is 2. The van der Waals surface area contributed by atoms with Gasteiger partial charge >= 0.3 is 5.97 Å². The van der Waals surface area contributed by atoms with Crippen LogP contribution in [-0.2, 0) is 5.54 Å². The van der Waals surface area contributed by atoms with E-state index >= 15 is 0 Å². The second kappa shape index (κ2) is 5.52. The van der Waals surface area contributed by atoms with E-state index in [9.17, 15) is 9.59 Å². The highest BCUT2D eigenvalue weighted by molar-refractivity contribution is 5.95. The summed E-state index contributed by atoms with van der Waals surface area (Å²) in [5.41, 5.74) is 0.677. The molecule has 1 heterocycles. The molecular formula is C16H18N2O3. The maximum absolute atomic E-state index is 12.1. The molecule has 0 aliphatic rings. The minimum absolute atomic E-state index is 0.0755. The van der Waals surface area contributed by atoms with Gasteiger partial charge in [-0.1, -0.05) is 12.1 Å². The van der Waals surface area contributed by atoms with Crippen LogP contribution >= 0.6 is 0 Å². The second-order valence-corrected chi connectivity index (χ2v) is 5.82. The minimum Gasteiger partial charge on any atom is -0.423 e. The Labute approximate surface area is 123 Å². The Hall–Kier alpha value is -2.43. The third-order valence-corrected chi connectivity index (χ3v) is 2.96. The van der Waals surface area contributed by atoms with Crippen LogP contribution in [0.4, 0.5) is 0 Å². The van der Waals surface area contributed by atoms with Crippen LogP contribution in [0.2, 0.25) is 0 Å². The van der Waals surface area contributed by atoms with Crippen molar-refractivity contribution in [1.29, 1.82) is 0 Å². The summed E-state index contributed by atoms with van der Waals surface area (Å²) in [4.78, 5) is 23.4. The van der Waals surface area contributed by atoms with E-state index in [1.807, 2.05) is 20.8 Å². The van der Waals surface area contributed by atoms with Crippen molar-refractivity contribution in [3.05, 3.63) is 47.8 Å². The fourth-order valence-electron chi connectivity index (χ4n) is 1.74. The van der Waals surface area contributed by atoms with Crippen LogP contribution in [0.1, 0.15) is 48.4 Å². The average Bonchev–Trinajstić information content (AvgIpc) is 2.88. The molecule has 0 amide bonds. The van der Waals surface area contributed by atoms with Crippen LogP contribution in [0.25, 0.3) is 0 Å². The maximum atomic E-state index is 12.1. The molecule has 0 bridgehead atoms. The summed E-state index contributed by atoms with van der Waals surface area (Å²) in [5, 5.41) is 4.16. The Balaban J connectivity index is 2.16. The van der Waals surface area contributed by atoms with Crippen LogP contribution < -0.4 is 4.74 Å². The van der Waals surface area contributed by atoms with Gasteiger partial charge in [0.2, 0.25) is 0 Å². The first-order valence-electron chi connectivity index (χ1n) is 6.66. The van der Waals surface area contributed by atoms with Crippen molar-refractivity contribution in [2.24, 2.45) is 0 Å². The van der Waals surface area contributed by atoms with E-state index in [1.165, 1.54) is 13.1 Å². The molecule has 0 aliphatic carbocycles. The molecule has 2 rings (SSSR count). The number of rotatable bonds is 3. The van der Waals surface area contributed by atoms with Gasteiger partial charge in [-0.05, 0) is 39.8 Å². The molecule has 0 atom stereocenters. The van der Waals surface area contributed by atoms with Gasteiger partial charge in [0.15, 0.2) is 5.78 Å². The van der Waals surface area contributed by atoms with E-state index in [-0.39, 0.29) is 11.3 Å². The summed E-state index contributed by atoms with van der Waals surface area (Å²) in [6, 6.07) is 6.54. The predicted octanol–water partition coefficient (Wildman–Crippen LogP) is 3.06. The minimum atomic E-state index is -0.494. The van der Waals surface area contributed by atoms with Crippen molar-refractivity contribution < 1.29 is 14.3 Å². The molecule has 0 spiro atoms. The van der Waals surface area contributed by atoms with Crippen molar-refractivity contribution in [3.8, 4) is 5.75 Å². The Morgan fingerprint density at radius 1 is 1.19 bits per heavy atom. The number of carbonyl (C=O) groups excluding carboxylic acids is 2. The molecule has 0 aliphatic heterocycles. The fourth-order valence-corrected chi connectivity index (χ4v) is 1.74. The van der Waals surface area contributed by atoms with Gasteiger partial charge < -0.3 is 4.74 Å². The number of Topliss-reactive ketones (excluding diaryl/α,β-unsaturated/α-hetero) is 1. The van der Waals surface area contributed by atoms with Crippen LogP contribution in [0, 0.1) is 0 Å². The summed E-state index contributed by atoms with van der Waals surface area (Å²) in [7, 11) is 0. The van der Waals surface area contributed by atoms with E-state index < -0.39 is 5.97 Å². The monoisotopic (exact) mass is 286 g/mol. The van der Waals surface area contributed by atoms with Gasteiger partial charge in [-0.15, -0.1) is 0 Å². The molecule has 21 heavy (non-hydrogen) atoms. The molecular weight excluding hydrogens is 268 g/mol. The summed E-state index contributed by atoms with van der Waals surface area (Å²) in [6.45, 7) is 7.44. The van der Waals surface area contributed by atoms with E-state index in [0.717, 1.165) is 0 Å². The van der Waals surface area contributed by atoms with Crippen LogP contribution in [-0.4, -0.2) is 21.5 Å². The molecule has 0 unspecified atom stereocenters. The zero-order valence-corrected chi connectivity index (χ0v) is 12.6. The molecule has 5 nitrogen and oxygen atoms in total. The number of aromatic nitrogens is 2. The van der Waals surface area contributed by atoms with E-state index in [1.54, 1.807) is 35.1 Å². The quantitative estimate of drug-likeness (QED) is 0.494. The fraction of sp³-hybridized carbons (Fsp3) is 0.312. The van der Waals surface area contributed by atoms with Gasteiger partial charge in [-0.25, -0.2) is 4.79 Å². The Bertz CT molecular complexity index is 681. The normalized spacial score (nSPS) is 11.2. The lowest BCUT2D eigenvalue weighted by atomic mass is 10.1. The highest BCUT2D eigenvalue weighted by Gasteiger charge is 2.18. The molecule has 0 fully saturated rings. The van der Waals surface area contributed by atoms with Gasteiger partial charge in [0, 0.05) is 11.8 Å². The second-order valence-electron chi connectivity index (χ2n) is 5.82. The van der Waals surface area contributed by atoms with Crippen LogP contribution in [0.15, 0.2) is 36.7 Å². The molecule has 5 heteroatoms. The van der Waals surface area contributed by atoms with Crippen molar-refractivity contribution in [1.82, 2.24) is 9.78 Å². The Kier molecular flexibility index (Phi) is 3.93. The lowest BCUT2D eigenvalue weighted by Gasteiger charge is -2.18. The molecule has 0 N–H and O–H groups in total. The SMILES string of the molecule is CC(=O)c1cccc(OC(=O)c2cnn(C(C)(C)C)c2)c1. The molecule has 0 saturated heterocycles. The number of hydrogen-bond donors (Lipinski definition) is 0. The summed E-state index contributed by atoms with van der Waals surface area (Å²) in [6.07, 6.45) is 3.12. The van der Waals surface area contributed by atoms with Gasteiger partial charge in [0.05, 0.1) is 17.3 Å². The Morgan fingerprint density at radius 2 is 1.90 bits per heavy atom. The van der Waals surface area contributed by atoms with Crippen LogP contribution in [0.3, 0.4) is 0 Å². The smallest absolute Gasteiger partial charge is 0.346 e. The maximum Gasteiger partial charge on any atom is 0.346 e. The van der Waals surface area contributed by atoms with Crippen LogP contribution in [0.5, 0.6) is 5.75 Å². The van der Waals surface area contributed by atoms with Gasteiger partial charge in [0.25, 0.3) is 0 Å². The molecule has 2 aromatic rings. The van der Waals surface area contributed by atoms with Crippen molar-refractivity contribution >= 4 is 11.8 Å². The number of esters is 1. The zero-order valence-electron chi connectivity index (χ0n) is 12.6. The lowest BCUT2D eigenvalue weighted by Crippen LogP contribution is -2.22. The van der Waals surface area contributed by atoms with E-state index in [0.29, 0.717) is 16.9 Å². The number of ether oxygens (including phenoxy) is 1. The number of ketones is 1. The highest BCUT2D eigenvalue weighted by Crippen LogP contribution is 2.17. The first-order chi connectivity index (χ1) is 9.77. The highest BCUT2D eigenvalue weighted by atomic mass is 16.5. The Morgan fingerprint density at radius 3 is 2.48 bits per heavy atom. The van der Waals surface area contributed by atoms with Gasteiger partial charge in [0.1, 0.15) is 5.75 Å². The first-order valence-corrected chi connectivity index (χ1v) is 6.66. The summed E-state index contributed by atoms with van der Waals surface area (Å²) >= 11 is 0. The summed E-state index contributed by atoms with van der Waals surface area (Å²) < 4.78 is 6.98. The molecule has 1 aromatic carbocycles. The van der Waals surface area contributed by atoms with Gasteiger partial charge in [-0.3, -0.25) is 9.48 Å². The van der Waals surface area contributed by atoms with Crippen molar-refractivity contribution in [2.75, 3.05) is 0 Å². The van der Waals surface area contributed by atoms with E-state index in [4.69, 9.17) is 4.74 Å². The largest absolute Gasteiger partial charge is 0.423 e. The number of carbonyl (C=O) groups is 2. The lowest BCUT2D eigenvalue weighted by molar-refractivity contribution is 0.0733. The number of hydrogen-bond acceptors (Lipinski definition) is 4. The van der Waals surface area contributed by atoms with Crippen molar-refractivity contribution in [3.63, 3.8) is 0 Å². The molecule has 110 valence electrons. The summed E-state index contributed by atoms with van der Waals surface area (Å²) in [5.74, 6) is -0.226. The molecule has 0 radical (unpaired) electrons. The zero-order chi connectivity index (χ0) is 15.6.